The van der Waals surface area contributed by atoms with Crippen LogP contribution in [0.4, 0.5) is 0 Å². The van der Waals surface area contributed by atoms with Crippen LogP contribution < -0.4 is 10.1 Å². The number of amides is 1. The van der Waals surface area contributed by atoms with Gasteiger partial charge in [-0.25, -0.2) is 4.98 Å². The number of nitrogens with one attached hydrogen (secondary N) is 1. The molecular weight excluding hydrogens is 324 g/mol. The first-order valence-electron chi connectivity index (χ1n) is 7.60. The fourth-order valence-electron chi connectivity index (χ4n) is 2.30. The maximum atomic E-state index is 11.8. The van der Waals surface area contributed by atoms with E-state index in [1.807, 2.05) is 31.2 Å². The molecule has 0 aliphatic carbocycles. The normalized spacial score (nSPS) is 10.6. The quantitative estimate of drug-likeness (QED) is 0.742. The van der Waals surface area contributed by atoms with Crippen LogP contribution in [0.15, 0.2) is 47.1 Å². The molecule has 0 saturated carbocycles. The molecule has 1 N–H and O–H groups in total. The van der Waals surface area contributed by atoms with Gasteiger partial charge in [-0.3, -0.25) is 4.79 Å². The second-order valence-corrected chi connectivity index (χ2v) is 6.32. The first kappa shape index (κ1) is 16.3. The molecular formula is C18H18N2O3S. The second-order valence-electron chi connectivity index (χ2n) is 5.24. The molecule has 6 heteroatoms. The van der Waals surface area contributed by atoms with E-state index < -0.39 is 0 Å². The van der Waals surface area contributed by atoms with E-state index in [-0.39, 0.29) is 5.91 Å². The van der Waals surface area contributed by atoms with Crippen LogP contribution in [0.2, 0.25) is 0 Å². The lowest BCUT2D eigenvalue weighted by molar-refractivity contribution is 0.0926. The minimum Gasteiger partial charge on any atom is -0.497 e. The van der Waals surface area contributed by atoms with Crippen LogP contribution in [0.5, 0.6) is 5.75 Å². The maximum Gasteiger partial charge on any atom is 0.286 e. The van der Waals surface area contributed by atoms with E-state index in [4.69, 9.17) is 9.15 Å². The largest absolute Gasteiger partial charge is 0.497 e. The zero-order chi connectivity index (χ0) is 16.9. The Labute approximate surface area is 144 Å². The fourth-order valence-corrected chi connectivity index (χ4v) is 3.37. The number of hydrogen-bond donors (Lipinski definition) is 1. The van der Waals surface area contributed by atoms with Crippen LogP contribution in [0.3, 0.4) is 0 Å². The lowest BCUT2D eigenvalue weighted by Crippen LogP contribution is -2.25. The number of benzene rings is 1. The Kier molecular flexibility index (Phi) is 4.96. The SMILES string of the molecule is COc1ccc(-c2nc(C)c(CCNC(=O)c3ccco3)s2)cc1. The van der Waals surface area contributed by atoms with E-state index in [9.17, 15) is 4.79 Å². The Morgan fingerprint density at radius 3 is 2.75 bits per heavy atom. The molecule has 0 fully saturated rings. The summed E-state index contributed by atoms with van der Waals surface area (Å²) < 4.78 is 10.2. The summed E-state index contributed by atoms with van der Waals surface area (Å²) in [6.07, 6.45) is 2.23. The predicted molar refractivity (Wildman–Crippen MR) is 93.6 cm³/mol. The molecule has 0 spiro atoms. The molecule has 0 bridgehead atoms. The molecule has 0 radical (unpaired) electrons. The van der Waals surface area contributed by atoms with Crippen molar-refractivity contribution in [2.45, 2.75) is 13.3 Å². The van der Waals surface area contributed by atoms with Gasteiger partial charge in [0, 0.05) is 23.4 Å². The third kappa shape index (κ3) is 3.65. The molecule has 5 nitrogen and oxygen atoms in total. The standard InChI is InChI=1S/C18H18N2O3S/c1-12-16(9-10-19-17(21)15-4-3-11-23-15)24-18(20-12)13-5-7-14(22-2)8-6-13/h3-8,11H,9-10H2,1-2H3,(H,19,21). The molecule has 2 aromatic heterocycles. The summed E-state index contributed by atoms with van der Waals surface area (Å²) in [5.41, 5.74) is 2.06. The van der Waals surface area contributed by atoms with Gasteiger partial charge in [0.05, 0.1) is 19.1 Å². The Bertz CT molecular complexity index is 807. The molecule has 0 aliphatic heterocycles. The van der Waals surface area contributed by atoms with Crippen LogP contribution in [-0.4, -0.2) is 24.5 Å². The molecule has 0 atom stereocenters. The highest BCUT2D eigenvalue weighted by Crippen LogP contribution is 2.29. The number of carbonyl (C=O) groups is 1. The van der Waals surface area contributed by atoms with Crippen molar-refractivity contribution in [3.63, 3.8) is 0 Å². The third-order valence-corrected chi connectivity index (χ3v) is 4.88. The van der Waals surface area contributed by atoms with Crippen LogP contribution in [-0.2, 0) is 6.42 Å². The highest BCUT2D eigenvalue weighted by atomic mass is 32.1. The molecule has 0 unspecified atom stereocenters. The smallest absolute Gasteiger partial charge is 0.286 e. The molecule has 0 aliphatic rings. The van der Waals surface area contributed by atoms with Gasteiger partial charge >= 0.3 is 0 Å². The maximum absolute atomic E-state index is 11.8. The molecule has 1 aromatic carbocycles. The summed E-state index contributed by atoms with van der Waals surface area (Å²) in [4.78, 5) is 17.6. The zero-order valence-corrected chi connectivity index (χ0v) is 14.4. The van der Waals surface area contributed by atoms with E-state index in [1.165, 1.54) is 11.1 Å². The molecule has 0 saturated heterocycles. The number of thiazole rings is 1. The fraction of sp³-hybridized carbons (Fsp3) is 0.222. The van der Waals surface area contributed by atoms with Gasteiger partial charge < -0.3 is 14.5 Å². The van der Waals surface area contributed by atoms with E-state index in [1.54, 1.807) is 30.6 Å². The first-order chi connectivity index (χ1) is 11.7. The van der Waals surface area contributed by atoms with Gasteiger partial charge in [0.1, 0.15) is 10.8 Å². The van der Waals surface area contributed by atoms with E-state index in [2.05, 4.69) is 10.3 Å². The predicted octanol–water partition coefficient (Wildman–Crippen LogP) is 3.69. The average molecular weight is 342 g/mol. The molecule has 1 amide bonds. The van der Waals surface area contributed by atoms with Gasteiger partial charge in [-0.05, 0) is 43.3 Å². The van der Waals surface area contributed by atoms with Crippen molar-refractivity contribution in [1.29, 1.82) is 0 Å². The van der Waals surface area contributed by atoms with Crippen molar-refractivity contribution in [1.82, 2.24) is 10.3 Å². The van der Waals surface area contributed by atoms with Gasteiger partial charge in [-0.15, -0.1) is 11.3 Å². The highest BCUT2D eigenvalue weighted by Gasteiger charge is 2.11. The van der Waals surface area contributed by atoms with E-state index in [0.29, 0.717) is 12.3 Å². The summed E-state index contributed by atoms with van der Waals surface area (Å²) in [5.74, 6) is 0.959. The molecule has 3 aromatic rings. The van der Waals surface area contributed by atoms with Gasteiger partial charge in [0.25, 0.3) is 5.91 Å². The zero-order valence-electron chi connectivity index (χ0n) is 13.5. The molecule has 24 heavy (non-hydrogen) atoms. The molecule has 2 heterocycles. The Balaban J connectivity index is 1.62. The minimum absolute atomic E-state index is 0.197. The number of aryl methyl sites for hydroxylation is 1. The van der Waals surface area contributed by atoms with Gasteiger partial charge in [0.15, 0.2) is 5.76 Å². The summed E-state index contributed by atoms with van der Waals surface area (Å²) in [6.45, 7) is 2.54. The Morgan fingerprint density at radius 2 is 2.08 bits per heavy atom. The van der Waals surface area contributed by atoms with Crippen LogP contribution in [0, 0.1) is 6.92 Å². The minimum atomic E-state index is -0.197. The lowest BCUT2D eigenvalue weighted by Gasteiger charge is -2.02. The summed E-state index contributed by atoms with van der Waals surface area (Å²) in [7, 11) is 1.65. The monoisotopic (exact) mass is 342 g/mol. The van der Waals surface area contributed by atoms with Crippen molar-refractivity contribution >= 4 is 17.2 Å². The number of aromatic nitrogens is 1. The number of furan rings is 1. The molecule has 124 valence electrons. The van der Waals surface area contributed by atoms with E-state index in [0.717, 1.165) is 28.4 Å². The van der Waals surface area contributed by atoms with Crippen molar-refractivity contribution in [3.8, 4) is 16.3 Å². The average Bonchev–Trinajstić information content (AvgIpc) is 3.25. The number of rotatable bonds is 6. The van der Waals surface area contributed by atoms with Crippen LogP contribution in [0.1, 0.15) is 21.1 Å². The van der Waals surface area contributed by atoms with Gasteiger partial charge in [0.2, 0.25) is 0 Å². The van der Waals surface area contributed by atoms with Gasteiger partial charge in [-0.2, -0.15) is 0 Å². The Morgan fingerprint density at radius 1 is 1.29 bits per heavy atom. The van der Waals surface area contributed by atoms with Crippen molar-refractivity contribution in [2.75, 3.05) is 13.7 Å². The summed E-state index contributed by atoms with van der Waals surface area (Å²) >= 11 is 1.65. The van der Waals surface area contributed by atoms with Gasteiger partial charge in [-0.1, -0.05) is 0 Å². The van der Waals surface area contributed by atoms with Crippen molar-refractivity contribution in [2.24, 2.45) is 0 Å². The Hall–Kier alpha value is -2.60. The number of nitrogens with zero attached hydrogens (tertiary/aromatic N) is 1. The molecule has 3 rings (SSSR count). The van der Waals surface area contributed by atoms with Crippen molar-refractivity contribution < 1.29 is 13.9 Å². The topological polar surface area (TPSA) is 64.4 Å². The first-order valence-corrected chi connectivity index (χ1v) is 8.41. The second kappa shape index (κ2) is 7.31. The van der Waals surface area contributed by atoms with E-state index >= 15 is 0 Å². The highest BCUT2D eigenvalue weighted by molar-refractivity contribution is 7.15. The summed E-state index contributed by atoms with van der Waals surface area (Å²) in [6, 6.07) is 11.2. The number of methoxy groups -OCH3 is 1. The number of carbonyl (C=O) groups excluding carboxylic acids is 1. The number of hydrogen-bond acceptors (Lipinski definition) is 5. The van der Waals surface area contributed by atoms with Crippen LogP contribution in [0.25, 0.3) is 10.6 Å². The third-order valence-electron chi connectivity index (χ3n) is 3.61. The lowest BCUT2D eigenvalue weighted by atomic mass is 10.2. The summed E-state index contributed by atoms with van der Waals surface area (Å²) in [5, 5.41) is 3.83. The van der Waals surface area contributed by atoms with Crippen LogP contribution >= 0.6 is 11.3 Å². The number of ether oxygens (including phenoxy) is 1. The van der Waals surface area contributed by atoms with Crippen molar-refractivity contribution in [3.05, 3.63) is 59.0 Å².